The highest BCUT2D eigenvalue weighted by Gasteiger charge is 2.17. The van der Waals surface area contributed by atoms with Crippen molar-refractivity contribution in [2.45, 2.75) is 26.5 Å². The van der Waals surface area contributed by atoms with Gasteiger partial charge < -0.3 is 14.0 Å². The van der Waals surface area contributed by atoms with Crippen LogP contribution in [0.15, 0.2) is 21.1 Å². The number of nitrogens with zero attached hydrogens (tertiary/aromatic N) is 2. The van der Waals surface area contributed by atoms with Crippen LogP contribution >= 0.6 is 27.7 Å². The number of esters is 1. The smallest absolute Gasteiger partial charge is 0.321 e. The Balaban J connectivity index is 2.01. The summed E-state index contributed by atoms with van der Waals surface area (Å²) < 4.78 is 16.5. The second-order valence-electron chi connectivity index (χ2n) is 5.10. The van der Waals surface area contributed by atoms with Gasteiger partial charge in [-0.25, -0.2) is 0 Å². The molecule has 0 aliphatic heterocycles. The van der Waals surface area contributed by atoms with Gasteiger partial charge in [-0.15, -0.1) is 11.8 Å². The third kappa shape index (κ3) is 5.00. The van der Waals surface area contributed by atoms with Crippen molar-refractivity contribution >= 4 is 33.7 Å². The van der Waals surface area contributed by atoms with Crippen molar-refractivity contribution in [2.75, 3.05) is 12.4 Å². The van der Waals surface area contributed by atoms with Crippen LogP contribution in [-0.4, -0.2) is 23.5 Å². The summed E-state index contributed by atoms with van der Waals surface area (Å²) in [7, 11) is 0. The summed E-state index contributed by atoms with van der Waals surface area (Å²) in [4.78, 5) is 12.2. The van der Waals surface area contributed by atoms with Crippen LogP contribution in [0, 0.1) is 25.2 Å². The zero-order valence-corrected chi connectivity index (χ0v) is 16.5. The van der Waals surface area contributed by atoms with Crippen LogP contribution in [0.25, 0.3) is 0 Å². The molecule has 0 N–H and O–H groups in total. The highest BCUT2D eigenvalue weighted by molar-refractivity contribution is 9.10. The summed E-state index contributed by atoms with van der Waals surface area (Å²) in [5, 5.41) is 12.9. The Hall–Kier alpha value is -1.98. The Morgan fingerprint density at radius 1 is 1.44 bits per heavy atom. The zero-order chi connectivity index (χ0) is 18.4. The quantitative estimate of drug-likeness (QED) is 0.486. The number of halogens is 1. The Labute approximate surface area is 158 Å². The molecule has 132 valence electrons. The molecule has 0 aliphatic rings. The van der Waals surface area contributed by atoms with E-state index >= 15 is 0 Å². The molecule has 1 heterocycles. The van der Waals surface area contributed by atoms with Gasteiger partial charge in [0.1, 0.15) is 5.76 Å². The van der Waals surface area contributed by atoms with Crippen molar-refractivity contribution in [3.63, 3.8) is 0 Å². The van der Waals surface area contributed by atoms with E-state index in [2.05, 4.69) is 21.1 Å². The van der Waals surface area contributed by atoms with Gasteiger partial charge in [-0.2, -0.15) is 5.26 Å². The van der Waals surface area contributed by atoms with E-state index in [0.717, 1.165) is 17.0 Å². The number of hydrogen-bond acceptors (Lipinski definition) is 7. The topological polar surface area (TPSA) is 85.4 Å². The van der Waals surface area contributed by atoms with Crippen LogP contribution in [-0.2, 0) is 10.5 Å². The second-order valence-corrected chi connectivity index (χ2v) is 6.94. The third-order valence-electron chi connectivity index (χ3n) is 3.30. The number of benzene rings is 1. The summed E-state index contributed by atoms with van der Waals surface area (Å²) in [5.41, 5.74) is 2.24. The Bertz CT molecular complexity index is 794. The number of nitriles is 1. The minimum Gasteiger partial charge on any atom is -0.490 e. The molecule has 0 unspecified atom stereocenters. The fourth-order valence-electron chi connectivity index (χ4n) is 2.08. The van der Waals surface area contributed by atoms with E-state index in [9.17, 15) is 4.79 Å². The van der Waals surface area contributed by atoms with Gasteiger partial charge >= 0.3 is 5.97 Å². The van der Waals surface area contributed by atoms with E-state index in [4.69, 9.17) is 19.3 Å². The van der Waals surface area contributed by atoms with Crippen molar-refractivity contribution in [1.29, 1.82) is 5.26 Å². The van der Waals surface area contributed by atoms with Crippen LogP contribution in [0.1, 0.15) is 29.5 Å². The first-order valence-electron chi connectivity index (χ1n) is 7.52. The van der Waals surface area contributed by atoms with Crippen molar-refractivity contribution in [3.05, 3.63) is 39.2 Å². The first kappa shape index (κ1) is 19.3. The van der Waals surface area contributed by atoms with E-state index in [1.807, 2.05) is 26.8 Å². The molecular weight excluding hydrogens is 408 g/mol. The van der Waals surface area contributed by atoms with Crippen LogP contribution in [0.2, 0.25) is 0 Å². The van der Waals surface area contributed by atoms with Gasteiger partial charge in [-0.1, -0.05) is 5.16 Å². The van der Waals surface area contributed by atoms with Crippen LogP contribution < -0.4 is 9.47 Å². The number of ether oxygens (including phenoxy) is 2. The summed E-state index contributed by atoms with van der Waals surface area (Å²) in [6, 6.07) is 5.17. The standard InChI is InChI=1S/C17H17BrN2O4S/c1-4-22-15-6-12(7-19)5-14(18)17(15)23-16(21)9-25-8-13-10(2)20-24-11(13)3/h5-6H,4,8-9H2,1-3H3. The average Bonchev–Trinajstić information content (AvgIpc) is 2.89. The van der Waals surface area contributed by atoms with Gasteiger partial charge in [-0.3, -0.25) is 4.79 Å². The molecule has 6 nitrogen and oxygen atoms in total. The van der Waals surface area contributed by atoms with E-state index in [1.54, 1.807) is 12.1 Å². The molecule has 0 saturated carbocycles. The lowest BCUT2D eigenvalue weighted by Crippen LogP contribution is -2.12. The molecule has 25 heavy (non-hydrogen) atoms. The zero-order valence-electron chi connectivity index (χ0n) is 14.1. The lowest BCUT2D eigenvalue weighted by atomic mass is 10.2. The summed E-state index contributed by atoms with van der Waals surface area (Å²) in [5.74, 6) is 1.78. The van der Waals surface area contributed by atoms with Gasteiger partial charge in [0.05, 0.1) is 34.2 Å². The maximum absolute atomic E-state index is 12.2. The highest BCUT2D eigenvalue weighted by atomic mass is 79.9. The lowest BCUT2D eigenvalue weighted by molar-refractivity contribution is -0.131. The molecular formula is C17H17BrN2O4S. The maximum Gasteiger partial charge on any atom is 0.321 e. The predicted molar refractivity (Wildman–Crippen MR) is 97.8 cm³/mol. The maximum atomic E-state index is 12.2. The number of aromatic nitrogens is 1. The van der Waals surface area contributed by atoms with Gasteiger partial charge in [0.2, 0.25) is 0 Å². The highest BCUT2D eigenvalue weighted by Crippen LogP contribution is 2.37. The van der Waals surface area contributed by atoms with E-state index in [0.29, 0.717) is 28.1 Å². The SMILES string of the molecule is CCOc1cc(C#N)cc(Br)c1OC(=O)CSCc1c(C)noc1C. The minimum absolute atomic E-state index is 0.169. The normalized spacial score (nSPS) is 10.4. The van der Waals surface area contributed by atoms with Gasteiger partial charge in [0.25, 0.3) is 0 Å². The Kier molecular flexibility index (Phi) is 6.91. The molecule has 0 aliphatic carbocycles. The van der Waals surface area contributed by atoms with Crippen LogP contribution in [0.5, 0.6) is 11.5 Å². The number of carbonyl (C=O) groups is 1. The number of rotatable bonds is 7. The predicted octanol–water partition coefficient (Wildman–Crippen LogP) is 4.16. The van der Waals surface area contributed by atoms with E-state index in [1.165, 1.54) is 11.8 Å². The van der Waals surface area contributed by atoms with Crippen molar-refractivity contribution in [2.24, 2.45) is 0 Å². The molecule has 0 spiro atoms. The monoisotopic (exact) mass is 424 g/mol. The fourth-order valence-corrected chi connectivity index (χ4v) is 3.55. The van der Waals surface area contributed by atoms with Gasteiger partial charge in [0, 0.05) is 17.4 Å². The summed E-state index contributed by atoms with van der Waals surface area (Å²) in [6.45, 7) is 5.92. The summed E-state index contributed by atoms with van der Waals surface area (Å²) in [6.07, 6.45) is 0. The lowest BCUT2D eigenvalue weighted by Gasteiger charge is -2.12. The van der Waals surface area contributed by atoms with Gasteiger partial charge in [0.15, 0.2) is 11.5 Å². The van der Waals surface area contributed by atoms with Gasteiger partial charge in [-0.05, 0) is 42.8 Å². The molecule has 0 bridgehead atoms. The molecule has 8 heteroatoms. The number of aryl methyl sites for hydroxylation is 2. The fraction of sp³-hybridized carbons (Fsp3) is 0.353. The van der Waals surface area contributed by atoms with E-state index < -0.39 is 5.97 Å². The Morgan fingerprint density at radius 3 is 2.80 bits per heavy atom. The third-order valence-corrected chi connectivity index (χ3v) is 4.82. The molecule has 0 amide bonds. The molecule has 0 saturated heterocycles. The van der Waals surface area contributed by atoms with Crippen molar-refractivity contribution in [3.8, 4) is 17.6 Å². The van der Waals surface area contributed by atoms with Crippen LogP contribution in [0.4, 0.5) is 0 Å². The first-order valence-corrected chi connectivity index (χ1v) is 9.47. The largest absolute Gasteiger partial charge is 0.490 e. The molecule has 1 aromatic carbocycles. The molecule has 1 aromatic heterocycles. The minimum atomic E-state index is -0.400. The van der Waals surface area contributed by atoms with E-state index in [-0.39, 0.29) is 11.5 Å². The number of thioether (sulfide) groups is 1. The first-order chi connectivity index (χ1) is 12.0. The molecule has 2 rings (SSSR count). The Morgan fingerprint density at radius 2 is 2.20 bits per heavy atom. The van der Waals surface area contributed by atoms with Crippen LogP contribution in [0.3, 0.4) is 0 Å². The molecule has 0 atom stereocenters. The number of hydrogen-bond donors (Lipinski definition) is 0. The molecule has 0 radical (unpaired) electrons. The summed E-state index contributed by atoms with van der Waals surface area (Å²) >= 11 is 4.74. The average molecular weight is 425 g/mol. The number of carbonyl (C=O) groups excluding carboxylic acids is 1. The molecule has 0 fully saturated rings. The van der Waals surface area contributed by atoms with Crippen molar-refractivity contribution < 1.29 is 18.8 Å². The second kappa shape index (κ2) is 8.92. The van der Waals surface area contributed by atoms with Crippen molar-refractivity contribution in [1.82, 2.24) is 5.16 Å². The molecule has 2 aromatic rings.